The molecule has 0 aromatic heterocycles. The van der Waals surface area contributed by atoms with Gasteiger partial charge in [-0.2, -0.15) is 0 Å². The summed E-state index contributed by atoms with van der Waals surface area (Å²) in [6.07, 6.45) is 0.889. The van der Waals surface area contributed by atoms with Crippen molar-refractivity contribution in [1.29, 1.82) is 0 Å². The number of aryl methyl sites for hydroxylation is 1. The highest BCUT2D eigenvalue weighted by Crippen LogP contribution is 2.49. The van der Waals surface area contributed by atoms with E-state index in [9.17, 15) is 32.3 Å². The predicted molar refractivity (Wildman–Crippen MR) is 156 cm³/mol. The third kappa shape index (κ3) is 5.04. The quantitative estimate of drug-likeness (QED) is 0.506. The molecule has 0 unspecified atom stereocenters. The summed E-state index contributed by atoms with van der Waals surface area (Å²) < 4.78 is 42.4. The van der Waals surface area contributed by atoms with Gasteiger partial charge in [-0.25, -0.2) is 13.2 Å². The second-order valence-electron chi connectivity index (χ2n) is 11.6. The Balaban J connectivity index is 1.49. The number of benzene rings is 2. The Morgan fingerprint density at radius 3 is 2.55 bits per heavy atom. The van der Waals surface area contributed by atoms with Gasteiger partial charge < -0.3 is 11.1 Å². The van der Waals surface area contributed by atoms with Crippen LogP contribution in [0.3, 0.4) is 0 Å². The van der Waals surface area contributed by atoms with Crippen LogP contribution in [0.2, 0.25) is 5.02 Å². The third-order valence-corrected chi connectivity index (χ3v) is 9.07. The lowest BCUT2D eigenvalue weighted by Crippen LogP contribution is -2.64. The van der Waals surface area contributed by atoms with Crippen LogP contribution in [-0.2, 0) is 31.1 Å². The Kier molecular flexibility index (Phi) is 7.51. The normalized spacial score (nSPS) is 24.2. The Morgan fingerprint density at radius 1 is 1.09 bits per heavy atom. The van der Waals surface area contributed by atoms with Crippen LogP contribution in [0.5, 0.6) is 0 Å². The van der Waals surface area contributed by atoms with Gasteiger partial charge in [-0.1, -0.05) is 29.8 Å². The number of likely N-dealkylation sites (tertiary alicyclic amines) is 1. The molecule has 44 heavy (non-hydrogen) atoms. The van der Waals surface area contributed by atoms with Gasteiger partial charge in [0.25, 0.3) is 17.7 Å². The lowest BCUT2D eigenvalue weighted by atomic mass is 9.83. The molecule has 4 amide bonds. The van der Waals surface area contributed by atoms with E-state index in [4.69, 9.17) is 17.3 Å². The molecule has 2 fully saturated rings. The van der Waals surface area contributed by atoms with Crippen molar-refractivity contribution in [2.45, 2.75) is 68.5 Å². The number of amides is 4. The summed E-state index contributed by atoms with van der Waals surface area (Å²) in [6, 6.07) is 8.14. The van der Waals surface area contributed by atoms with Gasteiger partial charge in [-0.05, 0) is 61.6 Å². The van der Waals surface area contributed by atoms with Gasteiger partial charge in [0.15, 0.2) is 5.54 Å². The molecule has 2 atom stereocenters. The molecule has 9 nitrogen and oxygen atoms in total. The monoisotopic (exact) mass is 627 g/mol. The Labute approximate surface area is 255 Å². The fourth-order valence-electron chi connectivity index (χ4n) is 6.71. The summed E-state index contributed by atoms with van der Waals surface area (Å²) in [5.74, 6) is -6.07. The average molecular weight is 628 g/mol. The molecule has 6 rings (SSSR count). The van der Waals surface area contributed by atoms with E-state index < -0.39 is 65.8 Å². The van der Waals surface area contributed by atoms with Crippen molar-refractivity contribution in [1.82, 2.24) is 10.2 Å². The summed E-state index contributed by atoms with van der Waals surface area (Å²) in [7, 11) is 0. The summed E-state index contributed by atoms with van der Waals surface area (Å²) in [5, 5.41) is 2.88. The molecular weight excluding hydrogens is 599 g/mol. The maximum absolute atomic E-state index is 14.9. The Morgan fingerprint density at radius 2 is 1.84 bits per heavy atom. The van der Waals surface area contributed by atoms with E-state index in [2.05, 4.69) is 10.3 Å². The van der Waals surface area contributed by atoms with Crippen molar-refractivity contribution in [3.8, 4) is 0 Å². The van der Waals surface area contributed by atoms with Crippen LogP contribution in [0.4, 0.5) is 18.9 Å². The summed E-state index contributed by atoms with van der Waals surface area (Å²) in [6.45, 7) is 0.170. The minimum Gasteiger partial charge on any atom is -0.366 e. The number of dihydropyridines is 1. The number of hydrogen-bond donors (Lipinski definition) is 2. The number of hydrogen-bond acceptors (Lipinski definition) is 5. The highest BCUT2D eigenvalue weighted by molar-refractivity contribution is 6.32. The molecule has 0 spiro atoms. The van der Waals surface area contributed by atoms with Crippen LogP contribution in [0.25, 0.3) is 0 Å². The van der Waals surface area contributed by atoms with E-state index in [-0.39, 0.29) is 54.3 Å². The second-order valence-corrected chi connectivity index (χ2v) is 12.0. The number of rotatable bonds is 6. The number of carbonyl (C=O) groups excluding carboxylic acids is 4. The van der Waals surface area contributed by atoms with Gasteiger partial charge in [0, 0.05) is 53.7 Å². The first-order valence-corrected chi connectivity index (χ1v) is 14.7. The van der Waals surface area contributed by atoms with Gasteiger partial charge in [0.05, 0.1) is 0 Å². The van der Waals surface area contributed by atoms with Crippen molar-refractivity contribution in [3.63, 3.8) is 0 Å². The number of nitrogens with one attached hydrogen (secondary N) is 1. The molecule has 2 aromatic carbocycles. The number of nitrogens with two attached hydrogens (primary N) is 1. The van der Waals surface area contributed by atoms with E-state index in [1.165, 1.54) is 29.2 Å². The van der Waals surface area contributed by atoms with E-state index in [0.717, 1.165) is 11.0 Å². The van der Waals surface area contributed by atoms with Gasteiger partial charge in [-0.15, -0.1) is 0 Å². The molecule has 1 saturated carbocycles. The number of carbonyl (C=O) groups is 4. The maximum atomic E-state index is 14.9. The van der Waals surface area contributed by atoms with Crippen molar-refractivity contribution >= 4 is 46.8 Å². The third-order valence-electron chi connectivity index (χ3n) is 8.76. The molecule has 2 aliphatic heterocycles. The number of primary amides is 1. The summed E-state index contributed by atoms with van der Waals surface area (Å²) in [5.41, 5.74) is 4.87. The highest BCUT2D eigenvalue weighted by atomic mass is 35.5. The van der Waals surface area contributed by atoms with Gasteiger partial charge in [0.1, 0.15) is 17.7 Å². The number of alkyl halides is 2. The van der Waals surface area contributed by atoms with Crippen molar-refractivity contribution in [3.05, 3.63) is 76.1 Å². The SMILES string of the molecule is NC(=O)C1=CC(N2C(=O)CC[C@H]2C(=O)N(c2cccc(F)c2)[C@@]2(C(=O)NC3CC(F)(F)C3)CCc3cccc(Cl)c32)=NCC1. The number of amidine groups is 1. The van der Waals surface area contributed by atoms with E-state index >= 15 is 0 Å². The van der Waals surface area contributed by atoms with E-state index in [1.54, 1.807) is 18.2 Å². The predicted octanol–water partition coefficient (Wildman–Crippen LogP) is 3.77. The first-order chi connectivity index (χ1) is 20.9. The lowest BCUT2D eigenvalue weighted by Gasteiger charge is -2.45. The molecule has 2 aliphatic carbocycles. The minimum atomic E-state index is -2.92. The summed E-state index contributed by atoms with van der Waals surface area (Å²) in [4.78, 5) is 61.1. The number of anilines is 1. The fourth-order valence-corrected chi connectivity index (χ4v) is 7.06. The molecular formula is C31H29ClF3N5O4. The molecule has 2 aromatic rings. The Hall–Kier alpha value is -4.19. The molecule has 3 N–H and O–H groups in total. The highest BCUT2D eigenvalue weighted by Gasteiger charge is 2.57. The standard InChI is InChI=1S/C31H29ClF3N5O4/c32-22-6-1-3-17-9-11-31(26(17)22,29(44)38-20-15-30(34,35)16-20)40(21-5-2-4-19(33)14-21)28(43)23-7-8-25(41)39(23)24-13-18(27(36)42)10-12-37-24/h1-6,13-14,20,23H,7-12,15-16H2,(H2,36,42)(H,38,44)/t23-,31-/m0/s1. The molecule has 0 bridgehead atoms. The smallest absolute Gasteiger partial charge is 0.252 e. The van der Waals surface area contributed by atoms with Crippen LogP contribution < -0.4 is 16.0 Å². The fraction of sp³-hybridized carbons (Fsp3) is 0.387. The lowest BCUT2D eigenvalue weighted by molar-refractivity contribution is -0.138. The molecule has 1 saturated heterocycles. The number of aliphatic imine (C=N–C) groups is 1. The zero-order chi connectivity index (χ0) is 31.4. The van der Waals surface area contributed by atoms with Crippen LogP contribution in [0.1, 0.15) is 49.7 Å². The van der Waals surface area contributed by atoms with Gasteiger partial charge >= 0.3 is 0 Å². The van der Waals surface area contributed by atoms with Gasteiger partial charge in [-0.3, -0.25) is 34.0 Å². The van der Waals surface area contributed by atoms with Crippen molar-refractivity contribution in [2.24, 2.45) is 10.7 Å². The molecule has 2 heterocycles. The van der Waals surface area contributed by atoms with E-state index in [0.29, 0.717) is 17.5 Å². The zero-order valence-corrected chi connectivity index (χ0v) is 24.3. The van der Waals surface area contributed by atoms with Crippen molar-refractivity contribution in [2.75, 3.05) is 11.4 Å². The second kappa shape index (κ2) is 11.1. The number of halogens is 4. The number of fused-ring (bicyclic) bond motifs is 1. The zero-order valence-electron chi connectivity index (χ0n) is 23.5. The number of nitrogens with zero attached hydrogens (tertiary/aromatic N) is 3. The topological polar surface area (TPSA) is 125 Å². The Bertz CT molecular complexity index is 1640. The molecule has 230 valence electrons. The average Bonchev–Trinajstić information content (AvgIpc) is 3.54. The van der Waals surface area contributed by atoms with Crippen LogP contribution in [-0.4, -0.2) is 58.9 Å². The van der Waals surface area contributed by atoms with Gasteiger partial charge in [0.2, 0.25) is 11.8 Å². The minimum absolute atomic E-state index is 0.0232. The maximum Gasteiger partial charge on any atom is 0.252 e. The van der Waals surface area contributed by atoms with Crippen LogP contribution in [0, 0.1) is 5.82 Å². The van der Waals surface area contributed by atoms with Crippen LogP contribution >= 0.6 is 11.6 Å². The molecule has 0 radical (unpaired) electrons. The first-order valence-electron chi connectivity index (χ1n) is 14.3. The first kappa shape index (κ1) is 29.9. The van der Waals surface area contributed by atoms with Crippen molar-refractivity contribution < 1.29 is 32.3 Å². The van der Waals surface area contributed by atoms with E-state index in [1.807, 2.05) is 0 Å². The molecule has 13 heteroatoms. The summed E-state index contributed by atoms with van der Waals surface area (Å²) >= 11 is 6.73. The van der Waals surface area contributed by atoms with Crippen LogP contribution in [0.15, 0.2) is 59.1 Å². The molecule has 4 aliphatic rings. The largest absolute Gasteiger partial charge is 0.366 e.